The van der Waals surface area contributed by atoms with Crippen LogP contribution in [0, 0.1) is 0 Å². The first kappa shape index (κ1) is 28.1. The molecule has 0 amide bonds. The van der Waals surface area contributed by atoms with Gasteiger partial charge in [-0.3, -0.25) is 4.79 Å². The van der Waals surface area contributed by atoms with Crippen molar-refractivity contribution < 1.29 is 9.90 Å². The van der Waals surface area contributed by atoms with Crippen LogP contribution in [-0.2, 0) is 4.79 Å². The number of carboxylic acid groups (broad SMARTS) is 1. The summed E-state index contributed by atoms with van der Waals surface area (Å²) < 4.78 is 0. The molecule has 0 atom stereocenters. The first-order valence-electron chi connectivity index (χ1n) is 10.9. The SMILES string of the molecule is Br.CCCCCCCCCCCCCC(C)(C)NCCCCCC(=O)O. The summed E-state index contributed by atoms with van der Waals surface area (Å²) in [5, 5.41) is 12.3. The van der Waals surface area contributed by atoms with Crippen molar-refractivity contribution in [1.29, 1.82) is 0 Å². The van der Waals surface area contributed by atoms with Gasteiger partial charge in [0.15, 0.2) is 0 Å². The van der Waals surface area contributed by atoms with Crippen molar-refractivity contribution in [2.24, 2.45) is 0 Å². The van der Waals surface area contributed by atoms with E-state index in [1.54, 1.807) is 0 Å². The van der Waals surface area contributed by atoms with Crippen molar-refractivity contribution in [2.75, 3.05) is 6.54 Å². The third-order valence-corrected chi connectivity index (χ3v) is 5.08. The summed E-state index contributed by atoms with van der Waals surface area (Å²) in [5.74, 6) is -0.676. The van der Waals surface area contributed by atoms with E-state index in [9.17, 15) is 4.79 Å². The lowest BCUT2D eigenvalue weighted by Crippen LogP contribution is -2.39. The summed E-state index contributed by atoms with van der Waals surface area (Å²) in [6.45, 7) is 7.87. The maximum atomic E-state index is 10.5. The van der Waals surface area contributed by atoms with Crippen LogP contribution >= 0.6 is 17.0 Å². The molecule has 4 heteroatoms. The van der Waals surface area contributed by atoms with Crippen LogP contribution < -0.4 is 5.32 Å². The first-order valence-corrected chi connectivity index (χ1v) is 10.9. The quantitative estimate of drug-likeness (QED) is 0.209. The molecule has 0 saturated carbocycles. The van der Waals surface area contributed by atoms with E-state index >= 15 is 0 Å². The van der Waals surface area contributed by atoms with Gasteiger partial charge in [0.25, 0.3) is 0 Å². The lowest BCUT2D eigenvalue weighted by atomic mass is 9.95. The molecule has 0 rings (SSSR count). The summed E-state index contributed by atoms with van der Waals surface area (Å²) in [7, 11) is 0. The highest BCUT2D eigenvalue weighted by Gasteiger charge is 2.15. The highest BCUT2D eigenvalue weighted by Crippen LogP contribution is 2.16. The van der Waals surface area contributed by atoms with Crippen LogP contribution in [0.4, 0.5) is 0 Å². The smallest absolute Gasteiger partial charge is 0.303 e. The maximum absolute atomic E-state index is 10.5. The molecule has 0 saturated heterocycles. The van der Waals surface area contributed by atoms with Crippen molar-refractivity contribution >= 4 is 23.0 Å². The molecule has 0 unspecified atom stereocenters. The monoisotopic (exact) mass is 435 g/mol. The largest absolute Gasteiger partial charge is 0.481 e. The van der Waals surface area contributed by atoms with Crippen molar-refractivity contribution in [1.82, 2.24) is 5.32 Å². The summed E-state index contributed by atoms with van der Waals surface area (Å²) in [5.41, 5.74) is 0.214. The molecule has 0 heterocycles. The maximum Gasteiger partial charge on any atom is 0.303 e. The van der Waals surface area contributed by atoms with Crippen molar-refractivity contribution in [3.8, 4) is 0 Å². The summed E-state index contributed by atoms with van der Waals surface area (Å²) in [6.07, 6.45) is 19.8. The van der Waals surface area contributed by atoms with E-state index in [2.05, 4.69) is 26.1 Å². The lowest BCUT2D eigenvalue weighted by Gasteiger charge is -2.26. The molecule has 0 aliphatic carbocycles. The zero-order chi connectivity index (χ0) is 18.8. The van der Waals surface area contributed by atoms with Gasteiger partial charge in [0.2, 0.25) is 0 Å². The normalized spacial score (nSPS) is 11.3. The van der Waals surface area contributed by atoms with Gasteiger partial charge in [-0.2, -0.15) is 0 Å². The van der Waals surface area contributed by atoms with E-state index in [4.69, 9.17) is 5.11 Å². The molecule has 0 fully saturated rings. The minimum Gasteiger partial charge on any atom is -0.481 e. The number of carbonyl (C=O) groups is 1. The zero-order valence-electron chi connectivity index (χ0n) is 17.8. The molecule has 0 bridgehead atoms. The van der Waals surface area contributed by atoms with E-state index in [0.717, 1.165) is 25.8 Å². The fraction of sp³-hybridized carbons (Fsp3) is 0.955. The summed E-state index contributed by atoms with van der Waals surface area (Å²) in [4.78, 5) is 10.5. The van der Waals surface area contributed by atoms with Gasteiger partial charge in [-0.15, -0.1) is 17.0 Å². The predicted octanol–water partition coefficient (Wildman–Crippen LogP) is 7.28. The second-order valence-corrected chi connectivity index (χ2v) is 8.30. The van der Waals surface area contributed by atoms with Crippen molar-refractivity contribution in [3.05, 3.63) is 0 Å². The molecule has 0 radical (unpaired) electrons. The van der Waals surface area contributed by atoms with Crippen LogP contribution in [0.2, 0.25) is 0 Å². The Bertz CT molecular complexity index is 309. The highest BCUT2D eigenvalue weighted by molar-refractivity contribution is 8.93. The fourth-order valence-electron chi connectivity index (χ4n) is 3.32. The van der Waals surface area contributed by atoms with Gasteiger partial charge in [-0.1, -0.05) is 84.0 Å². The molecular weight excluding hydrogens is 390 g/mol. The molecular formula is C22H46BrNO2. The Morgan fingerprint density at radius 3 is 1.73 bits per heavy atom. The van der Waals surface area contributed by atoms with E-state index in [1.807, 2.05) is 0 Å². The molecule has 0 aliphatic rings. The average molecular weight is 437 g/mol. The van der Waals surface area contributed by atoms with Crippen molar-refractivity contribution in [2.45, 2.75) is 129 Å². The Labute approximate surface area is 173 Å². The van der Waals surface area contributed by atoms with Gasteiger partial charge >= 0.3 is 5.97 Å². The average Bonchev–Trinajstić information content (AvgIpc) is 2.55. The van der Waals surface area contributed by atoms with Gasteiger partial charge < -0.3 is 10.4 Å². The van der Waals surface area contributed by atoms with Gasteiger partial charge in [0, 0.05) is 12.0 Å². The lowest BCUT2D eigenvalue weighted by molar-refractivity contribution is -0.137. The van der Waals surface area contributed by atoms with Crippen LogP contribution in [0.3, 0.4) is 0 Å². The minimum atomic E-state index is -0.676. The number of unbranched alkanes of at least 4 members (excludes halogenated alkanes) is 12. The molecule has 0 aromatic carbocycles. The van der Waals surface area contributed by atoms with Gasteiger partial charge in [0.1, 0.15) is 0 Å². The Hall–Kier alpha value is -0.0900. The van der Waals surface area contributed by atoms with Crippen LogP contribution in [0.5, 0.6) is 0 Å². The van der Waals surface area contributed by atoms with E-state index < -0.39 is 5.97 Å². The predicted molar refractivity (Wildman–Crippen MR) is 120 cm³/mol. The molecule has 2 N–H and O–H groups in total. The fourth-order valence-corrected chi connectivity index (χ4v) is 3.32. The first-order chi connectivity index (χ1) is 12.0. The Kier molecular flexibility index (Phi) is 21.3. The topological polar surface area (TPSA) is 49.3 Å². The zero-order valence-corrected chi connectivity index (χ0v) is 19.5. The number of carboxylic acids is 1. The van der Waals surface area contributed by atoms with Gasteiger partial charge in [-0.05, 0) is 39.7 Å². The third kappa shape index (κ3) is 22.0. The van der Waals surface area contributed by atoms with Crippen molar-refractivity contribution in [3.63, 3.8) is 0 Å². The molecule has 158 valence electrons. The standard InChI is InChI=1S/C22H45NO2.BrH/c1-4-5-6-7-8-9-10-11-12-13-16-19-22(2,3)23-20-17-14-15-18-21(24)25;/h23H,4-20H2,1-3H3,(H,24,25);1H. The second kappa shape index (κ2) is 19.7. The molecule has 0 aliphatic heterocycles. The number of halogens is 1. The second-order valence-electron chi connectivity index (χ2n) is 8.30. The number of hydrogen-bond donors (Lipinski definition) is 2. The highest BCUT2D eigenvalue weighted by atomic mass is 79.9. The summed E-state index contributed by atoms with van der Waals surface area (Å²) in [6, 6.07) is 0. The minimum absolute atomic E-state index is 0. The number of aliphatic carboxylic acids is 1. The number of nitrogens with one attached hydrogen (secondary N) is 1. The molecule has 0 spiro atoms. The van der Waals surface area contributed by atoms with Gasteiger partial charge in [0.05, 0.1) is 0 Å². The number of hydrogen-bond acceptors (Lipinski definition) is 2. The summed E-state index contributed by atoms with van der Waals surface area (Å²) >= 11 is 0. The molecule has 0 aromatic rings. The number of rotatable bonds is 19. The molecule has 3 nitrogen and oxygen atoms in total. The van der Waals surface area contributed by atoms with Crippen LogP contribution in [0.25, 0.3) is 0 Å². The van der Waals surface area contributed by atoms with Crippen LogP contribution in [-0.4, -0.2) is 23.2 Å². The Morgan fingerprint density at radius 2 is 1.23 bits per heavy atom. The van der Waals surface area contributed by atoms with E-state index in [-0.39, 0.29) is 22.5 Å². The third-order valence-electron chi connectivity index (χ3n) is 5.08. The van der Waals surface area contributed by atoms with Gasteiger partial charge in [-0.25, -0.2) is 0 Å². The molecule has 0 aromatic heterocycles. The van der Waals surface area contributed by atoms with Crippen LogP contribution in [0.1, 0.15) is 124 Å². The van der Waals surface area contributed by atoms with Crippen LogP contribution in [0.15, 0.2) is 0 Å². The van der Waals surface area contributed by atoms with E-state index in [1.165, 1.54) is 77.0 Å². The molecule has 26 heavy (non-hydrogen) atoms. The Balaban J connectivity index is 0. The Morgan fingerprint density at radius 1 is 0.769 bits per heavy atom. The van der Waals surface area contributed by atoms with E-state index in [0.29, 0.717) is 6.42 Å².